The molecule has 6 nitrogen and oxygen atoms in total. The topological polar surface area (TPSA) is 80.3 Å². The fraction of sp³-hybridized carbons (Fsp3) is 0.615. The van der Waals surface area contributed by atoms with Gasteiger partial charge in [0.1, 0.15) is 5.82 Å². The van der Waals surface area contributed by atoms with E-state index in [4.69, 9.17) is 4.74 Å². The van der Waals surface area contributed by atoms with Crippen molar-refractivity contribution in [3.63, 3.8) is 0 Å². The normalized spacial score (nSPS) is 22.9. The van der Waals surface area contributed by atoms with Crippen LogP contribution in [-0.2, 0) is 14.8 Å². The monoisotopic (exact) mass is 299 g/mol. The summed E-state index contributed by atoms with van der Waals surface area (Å²) < 4.78 is 32.8. The van der Waals surface area contributed by atoms with Crippen LogP contribution in [0.4, 0.5) is 5.82 Å². The Bertz CT molecular complexity index is 554. The van der Waals surface area contributed by atoms with Gasteiger partial charge in [-0.2, -0.15) is 0 Å². The molecule has 1 aliphatic heterocycles. The minimum Gasteiger partial charge on any atom is -0.379 e. The van der Waals surface area contributed by atoms with Gasteiger partial charge in [-0.1, -0.05) is 6.92 Å². The number of sulfonamides is 1. The van der Waals surface area contributed by atoms with Crippen LogP contribution >= 0.6 is 0 Å². The molecule has 112 valence electrons. The van der Waals surface area contributed by atoms with Crippen molar-refractivity contribution in [3.05, 3.63) is 18.3 Å². The first-order chi connectivity index (χ1) is 9.45. The van der Waals surface area contributed by atoms with Crippen molar-refractivity contribution in [1.29, 1.82) is 0 Å². The van der Waals surface area contributed by atoms with Gasteiger partial charge in [-0.3, -0.25) is 0 Å². The lowest BCUT2D eigenvalue weighted by atomic mass is 10.0. The first-order valence-corrected chi connectivity index (χ1v) is 8.25. The van der Waals surface area contributed by atoms with E-state index in [1.165, 1.54) is 12.3 Å². The zero-order chi connectivity index (χ0) is 14.6. The fourth-order valence-corrected chi connectivity index (χ4v) is 3.49. The summed E-state index contributed by atoms with van der Waals surface area (Å²) in [6.07, 6.45) is 3.13. The Hall–Kier alpha value is -1.18. The molecule has 1 saturated heterocycles. The predicted octanol–water partition coefficient (Wildman–Crippen LogP) is 1.36. The zero-order valence-electron chi connectivity index (χ0n) is 11.8. The minimum atomic E-state index is -3.56. The molecule has 0 radical (unpaired) electrons. The second kappa shape index (κ2) is 6.07. The van der Waals surface area contributed by atoms with Crippen molar-refractivity contribution in [3.8, 4) is 0 Å². The Labute approximate surface area is 120 Å². The molecule has 1 aromatic rings. The lowest BCUT2D eigenvalue weighted by molar-refractivity contribution is 0.178. The highest BCUT2D eigenvalue weighted by Gasteiger charge is 2.34. The van der Waals surface area contributed by atoms with Crippen molar-refractivity contribution in [2.45, 2.75) is 37.1 Å². The maximum atomic E-state index is 12.4. The molecular weight excluding hydrogens is 278 g/mol. The number of nitrogens with one attached hydrogen (secondary N) is 2. The number of anilines is 1. The Morgan fingerprint density at radius 2 is 2.30 bits per heavy atom. The maximum absolute atomic E-state index is 12.4. The summed E-state index contributed by atoms with van der Waals surface area (Å²) in [5.41, 5.74) is -0.529. The number of pyridine rings is 1. The summed E-state index contributed by atoms with van der Waals surface area (Å²) in [5, 5.41) is 3.08. The summed E-state index contributed by atoms with van der Waals surface area (Å²) in [5.74, 6) is 0.572. The van der Waals surface area contributed by atoms with E-state index in [0.29, 0.717) is 25.5 Å². The van der Waals surface area contributed by atoms with E-state index in [-0.39, 0.29) is 4.90 Å². The van der Waals surface area contributed by atoms with Gasteiger partial charge in [0, 0.05) is 25.4 Å². The standard InChI is InChI=1S/C13H21N3O3S/c1-3-6-14-12-9-11(4-7-15-12)20(17,18)16-13(2)5-8-19-10-13/h4,7,9,16H,3,5-6,8,10H2,1-2H3,(H,14,15). The Morgan fingerprint density at radius 3 is 2.95 bits per heavy atom. The molecule has 2 heterocycles. The smallest absolute Gasteiger partial charge is 0.241 e. The summed E-state index contributed by atoms with van der Waals surface area (Å²) >= 11 is 0. The molecule has 0 aromatic carbocycles. The summed E-state index contributed by atoms with van der Waals surface area (Å²) in [6.45, 7) is 5.64. The summed E-state index contributed by atoms with van der Waals surface area (Å²) in [7, 11) is -3.56. The van der Waals surface area contributed by atoms with Crippen LogP contribution in [0.3, 0.4) is 0 Å². The first-order valence-electron chi connectivity index (χ1n) is 6.77. The number of rotatable bonds is 6. The molecule has 7 heteroatoms. The molecule has 20 heavy (non-hydrogen) atoms. The van der Waals surface area contributed by atoms with Gasteiger partial charge in [0.15, 0.2) is 0 Å². The number of hydrogen-bond donors (Lipinski definition) is 2. The third-order valence-electron chi connectivity index (χ3n) is 3.20. The van der Waals surface area contributed by atoms with Gasteiger partial charge in [-0.05, 0) is 25.8 Å². The van der Waals surface area contributed by atoms with Crippen LogP contribution in [0.25, 0.3) is 0 Å². The number of hydrogen-bond acceptors (Lipinski definition) is 5. The van der Waals surface area contributed by atoms with E-state index >= 15 is 0 Å². The third-order valence-corrected chi connectivity index (χ3v) is 4.83. The van der Waals surface area contributed by atoms with Gasteiger partial charge in [-0.15, -0.1) is 0 Å². The van der Waals surface area contributed by atoms with Gasteiger partial charge in [0.2, 0.25) is 10.0 Å². The highest BCUT2D eigenvalue weighted by atomic mass is 32.2. The molecular formula is C13H21N3O3S. The summed E-state index contributed by atoms with van der Waals surface area (Å²) in [6, 6.07) is 3.05. The molecule has 0 spiro atoms. The molecule has 2 N–H and O–H groups in total. The molecule has 0 saturated carbocycles. The highest BCUT2D eigenvalue weighted by molar-refractivity contribution is 7.89. The first kappa shape index (κ1) is 15.2. The maximum Gasteiger partial charge on any atom is 0.241 e. The second-order valence-corrected chi connectivity index (χ2v) is 6.95. The van der Waals surface area contributed by atoms with Gasteiger partial charge in [0.05, 0.1) is 17.0 Å². The van der Waals surface area contributed by atoms with E-state index in [1.807, 2.05) is 13.8 Å². The fourth-order valence-electron chi connectivity index (χ4n) is 2.06. The molecule has 0 aliphatic carbocycles. The summed E-state index contributed by atoms with van der Waals surface area (Å²) in [4.78, 5) is 4.33. The SMILES string of the molecule is CCCNc1cc(S(=O)(=O)NC2(C)CCOC2)ccn1. The van der Waals surface area contributed by atoms with Crippen molar-refractivity contribution in [2.24, 2.45) is 0 Å². The molecule has 2 rings (SSSR count). The van der Waals surface area contributed by atoms with Crippen LogP contribution in [0.15, 0.2) is 23.2 Å². The highest BCUT2D eigenvalue weighted by Crippen LogP contribution is 2.22. The van der Waals surface area contributed by atoms with E-state index in [0.717, 1.165) is 13.0 Å². The zero-order valence-corrected chi connectivity index (χ0v) is 12.7. The second-order valence-electron chi connectivity index (χ2n) is 5.27. The van der Waals surface area contributed by atoms with Crippen LogP contribution in [0.2, 0.25) is 0 Å². The molecule has 0 amide bonds. The largest absolute Gasteiger partial charge is 0.379 e. The minimum absolute atomic E-state index is 0.222. The third kappa shape index (κ3) is 3.68. The van der Waals surface area contributed by atoms with Crippen LogP contribution < -0.4 is 10.0 Å². The quantitative estimate of drug-likeness (QED) is 0.829. The molecule has 1 fully saturated rings. The van der Waals surface area contributed by atoms with Gasteiger partial charge >= 0.3 is 0 Å². The van der Waals surface area contributed by atoms with Gasteiger partial charge in [0.25, 0.3) is 0 Å². The van der Waals surface area contributed by atoms with Crippen LogP contribution in [0.1, 0.15) is 26.7 Å². The molecule has 1 unspecified atom stereocenters. The predicted molar refractivity (Wildman–Crippen MR) is 77.2 cm³/mol. The van der Waals surface area contributed by atoms with E-state index < -0.39 is 15.6 Å². The van der Waals surface area contributed by atoms with Crippen LogP contribution in [0, 0.1) is 0 Å². The number of ether oxygens (including phenoxy) is 1. The molecule has 0 bridgehead atoms. The van der Waals surface area contributed by atoms with Gasteiger partial charge in [-0.25, -0.2) is 18.1 Å². The Kier molecular flexibility index (Phi) is 4.62. The van der Waals surface area contributed by atoms with E-state index in [1.54, 1.807) is 6.07 Å². The van der Waals surface area contributed by atoms with Crippen molar-refractivity contribution >= 4 is 15.8 Å². The lowest BCUT2D eigenvalue weighted by Gasteiger charge is -2.23. The Morgan fingerprint density at radius 1 is 1.50 bits per heavy atom. The molecule has 1 atom stereocenters. The number of aromatic nitrogens is 1. The molecule has 1 aromatic heterocycles. The number of nitrogens with zero attached hydrogens (tertiary/aromatic N) is 1. The van der Waals surface area contributed by atoms with Crippen LogP contribution in [0.5, 0.6) is 0 Å². The molecule has 1 aliphatic rings. The van der Waals surface area contributed by atoms with Crippen molar-refractivity contribution < 1.29 is 13.2 Å². The Balaban J connectivity index is 2.16. The van der Waals surface area contributed by atoms with E-state index in [9.17, 15) is 8.42 Å². The van der Waals surface area contributed by atoms with Crippen molar-refractivity contribution in [2.75, 3.05) is 25.1 Å². The van der Waals surface area contributed by atoms with Crippen molar-refractivity contribution in [1.82, 2.24) is 9.71 Å². The van der Waals surface area contributed by atoms with E-state index in [2.05, 4.69) is 15.0 Å². The average molecular weight is 299 g/mol. The van der Waals surface area contributed by atoms with Crippen LogP contribution in [-0.4, -0.2) is 38.7 Å². The van der Waals surface area contributed by atoms with Gasteiger partial charge < -0.3 is 10.1 Å². The average Bonchev–Trinajstić information content (AvgIpc) is 2.82. The lowest BCUT2D eigenvalue weighted by Crippen LogP contribution is -2.46.